The first-order valence-electron chi connectivity index (χ1n) is 7.68. The topological polar surface area (TPSA) is 55.4 Å². The maximum atomic E-state index is 11.5. The first-order valence-corrected chi connectivity index (χ1v) is 7.68. The molecule has 0 aliphatic rings. The zero-order valence-electron chi connectivity index (χ0n) is 13.0. The molecule has 1 N–H and O–H groups in total. The molecule has 0 atom stereocenters. The number of ether oxygens (including phenoxy) is 1. The summed E-state index contributed by atoms with van der Waals surface area (Å²) in [5.74, 6) is -0.756. The van der Waals surface area contributed by atoms with Gasteiger partial charge in [0.1, 0.15) is 5.70 Å². The molecule has 0 spiro atoms. The van der Waals surface area contributed by atoms with E-state index in [1.165, 1.54) is 52.1 Å². The van der Waals surface area contributed by atoms with Gasteiger partial charge in [-0.1, -0.05) is 64.9 Å². The van der Waals surface area contributed by atoms with Gasteiger partial charge >= 0.3 is 5.97 Å². The van der Waals surface area contributed by atoms with Crippen molar-refractivity contribution in [3.63, 3.8) is 0 Å². The normalized spacial score (nSPS) is 10.1. The first kappa shape index (κ1) is 18.7. The summed E-state index contributed by atoms with van der Waals surface area (Å²) in [6.07, 6.45) is 11.4. The van der Waals surface area contributed by atoms with E-state index in [9.17, 15) is 9.59 Å². The van der Waals surface area contributed by atoms with Crippen molar-refractivity contribution in [1.82, 2.24) is 5.32 Å². The van der Waals surface area contributed by atoms with Crippen LogP contribution in [0.25, 0.3) is 0 Å². The highest BCUT2D eigenvalue weighted by Gasteiger charge is 2.09. The number of hydrogen-bond donors (Lipinski definition) is 1. The van der Waals surface area contributed by atoms with Crippen LogP contribution in [0.1, 0.15) is 71.1 Å². The molecule has 0 aliphatic carbocycles. The summed E-state index contributed by atoms with van der Waals surface area (Å²) < 4.78 is 4.46. The van der Waals surface area contributed by atoms with Gasteiger partial charge in [0.15, 0.2) is 0 Å². The Kier molecular flexibility index (Phi) is 11.9. The summed E-state index contributed by atoms with van der Waals surface area (Å²) in [7, 11) is 1.26. The van der Waals surface area contributed by atoms with Gasteiger partial charge in [0.05, 0.1) is 7.11 Å². The number of methoxy groups -OCH3 is 1. The number of carbonyl (C=O) groups excluding carboxylic acids is 2. The smallest absolute Gasteiger partial charge is 0.353 e. The number of rotatable bonds is 12. The fourth-order valence-electron chi connectivity index (χ4n) is 2.00. The summed E-state index contributed by atoms with van der Waals surface area (Å²) >= 11 is 0. The molecule has 1 amide bonds. The molecule has 0 aromatic rings. The molecule has 0 saturated heterocycles. The molecule has 0 bridgehead atoms. The van der Waals surface area contributed by atoms with Crippen LogP contribution < -0.4 is 5.32 Å². The summed E-state index contributed by atoms with van der Waals surface area (Å²) in [4.78, 5) is 22.5. The van der Waals surface area contributed by atoms with Gasteiger partial charge in [-0.2, -0.15) is 0 Å². The Morgan fingerprint density at radius 2 is 1.45 bits per heavy atom. The van der Waals surface area contributed by atoms with Crippen LogP contribution >= 0.6 is 0 Å². The predicted molar refractivity (Wildman–Crippen MR) is 81.1 cm³/mol. The monoisotopic (exact) mass is 283 g/mol. The van der Waals surface area contributed by atoms with Gasteiger partial charge in [-0.25, -0.2) is 4.79 Å². The van der Waals surface area contributed by atoms with Crippen LogP contribution in [-0.4, -0.2) is 19.0 Å². The van der Waals surface area contributed by atoms with Crippen molar-refractivity contribution < 1.29 is 14.3 Å². The highest BCUT2D eigenvalue weighted by atomic mass is 16.5. The van der Waals surface area contributed by atoms with Crippen molar-refractivity contribution in [2.75, 3.05) is 7.11 Å². The van der Waals surface area contributed by atoms with Crippen LogP contribution in [0, 0.1) is 0 Å². The van der Waals surface area contributed by atoms with Gasteiger partial charge in [-0.05, 0) is 6.42 Å². The third-order valence-electron chi connectivity index (χ3n) is 3.23. The van der Waals surface area contributed by atoms with Gasteiger partial charge in [-0.3, -0.25) is 4.79 Å². The average molecular weight is 283 g/mol. The molecule has 0 aromatic heterocycles. The molecule has 4 heteroatoms. The molecular formula is C16H29NO3. The number of hydrogen-bond acceptors (Lipinski definition) is 3. The van der Waals surface area contributed by atoms with Gasteiger partial charge in [0.2, 0.25) is 5.91 Å². The molecule has 116 valence electrons. The maximum Gasteiger partial charge on any atom is 0.353 e. The molecule has 0 saturated carbocycles. The quantitative estimate of drug-likeness (QED) is 0.337. The third kappa shape index (κ3) is 10.6. The van der Waals surface area contributed by atoms with Crippen LogP contribution in [0.2, 0.25) is 0 Å². The fourth-order valence-corrected chi connectivity index (χ4v) is 2.00. The van der Waals surface area contributed by atoms with E-state index in [0.29, 0.717) is 6.42 Å². The van der Waals surface area contributed by atoms with Crippen molar-refractivity contribution in [2.45, 2.75) is 71.1 Å². The average Bonchev–Trinajstić information content (AvgIpc) is 2.44. The second kappa shape index (κ2) is 12.7. The van der Waals surface area contributed by atoms with E-state index in [1.807, 2.05) is 0 Å². The number of esters is 1. The van der Waals surface area contributed by atoms with Crippen molar-refractivity contribution in [1.29, 1.82) is 0 Å². The van der Waals surface area contributed by atoms with Gasteiger partial charge in [0.25, 0.3) is 0 Å². The zero-order chi connectivity index (χ0) is 15.2. The van der Waals surface area contributed by atoms with E-state index in [2.05, 4.69) is 23.6 Å². The van der Waals surface area contributed by atoms with Crippen molar-refractivity contribution in [3.8, 4) is 0 Å². The van der Waals surface area contributed by atoms with Crippen molar-refractivity contribution >= 4 is 11.9 Å². The Bertz CT molecular complexity index is 300. The Labute approximate surface area is 123 Å². The molecule has 0 fully saturated rings. The Hall–Kier alpha value is -1.32. The minimum absolute atomic E-state index is 0.00780. The second-order valence-corrected chi connectivity index (χ2v) is 5.10. The Balaban J connectivity index is 3.40. The van der Waals surface area contributed by atoms with Crippen molar-refractivity contribution in [3.05, 3.63) is 12.3 Å². The summed E-state index contributed by atoms with van der Waals surface area (Å²) in [5.41, 5.74) is 0.00780. The second-order valence-electron chi connectivity index (χ2n) is 5.10. The Morgan fingerprint density at radius 1 is 0.950 bits per heavy atom. The largest absolute Gasteiger partial charge is 0.464 e. The SMILES string of the molecule is C=C(NC(=O)CCCCCCCCCCC)C(=O)OC. The minimum atomic E-state index is -0.592. The standard InChI is InChI=1S/C16H29NO3/c1-4-5-6-7-8-9-10-11-12-13-15(18)17-14(2)16(19)20-3/h2,4-13H2,1,3H3,(H,17,18). The lowest BCUT2D eigenvalue weighted by Gasteiger charge is -2.06. The van der Waals surface area contributed by atoms with Crippen LogP contribution in [-0.2, 0) is 14.3 Å². The highest BCUT2D eigenvalue weighted by Crippen LogP contribution is 2.10. The minimum Gasteiger partial charge on any atom is -0.464 e. The maximum absolute atomic E-state index is 11.5. The van der Waals surface area contributed by atoms with Crippen molar-refractivity contribution in [2.24, 2.45) is 0 Å². The molecular weight excluding hydrogens is 254 g/mol. The van der Waals surface area contributed by atoms with Gasteiger partial charge in [0, 0.05) is 6.42 Å². The van der Waals surface area contributed by atoms with Crippen LogP contribution in [0.4, 0.5) is 0 Å². The lowest BCUT2D eigenvalue weighted by Crippen LogP contribution is -2.27. The van der Waals surface area contributed by atoms with Gasteiger partial charge < -0.3 is 10.1 Å². The Morgan fingerprint density at radius 3 is 1.95 bits per heavy atom. The molecule has 0 unspecified atom stereocenters. The van der Waals surface area contributed by atoms with E-state index in [-0.39, 0.29) is 11.6 Å². The lowest BCUT2D eigenvalue weighted by atomic mass is 10.1. The highest BCUT2D eigenvalue weighted by molar-refractivity contribution is 5.93. The van der Waals surface area contributed by atoms with E-state index < -0.39 is 5.97 Å². The summed E-state index contributed by atoms with van der Waals surface area (Å²) in [5, 5.41) is 2.45. The zero-order valence-corrected chi connectivity index (χ0v) is 13.0. The molecule has 0 heterocycles. The fraction of sp³-hybridized carbons (Fsp3) is 0.750. The van der Waals surface area contributed by atoms with E-state index >= 15 is 0 Å². The van der Waals surface area contributed by atoms with Crippen LogP contribution in [0.15, 0.2) is 12.3 Å². The molecule has 0 rings (SSSR count). The summed E-state index contributed by atoms with van der Waals surface area (Å²) in [6.45, 7) is 5.67. The molecule has 4 nitrogen and oxygen atoms in total. The number of unbranched alkanes of at least 4 members (excludes halogenated alkanes) is 8. The third-order valence-corrected chi connectivity index (χ3v) is 3.23. The molecule has 0 radical (unpaired) electrons. The van der Waals surface area contributed by atoms with E-state index in [4.69, 9.17) is 0 Å². The molecule has 20 heavy (non-hydrogen) atoms. The van der Waals surface area contributed by atoms with Crippen LogP contribution in [0.3, 0.4) is 0 Å². The van der Waals surface area contributed by atoms with Gasteiger partial charge in [-0.15, -0.1) is 0 Å². The first-order chi connectivity index (χ1) is 9.61. The summed E-state index contributed by atoms with van der Waals surface area (Å²) in [6, 6.07) is 0. The number of nitrogens with one attached hydrogen (secondary N) is 1. The molecule has 0 aliphatic heterocycles. The lowest BCUT2D eigenvalue weighted by molar-refractivity contribution is -0.137. The van der Waals surface area contributed by atoms with E-state index in [1.54, 1.807) is 0 Å². The van der Waals surface area contributed by atoms with E-state index in [0.717, 1.165) is 12.8 Å². The van der Waals surface area contributed by atoms with Crippen LogP contribution in [0.5, 0.6) is 0 Å². The predicted octanol–water partition coefficient (Wildman–Crippen LogP) is 3.71. The number of carbonyl (C=O) groups is 2. The number of amides is 1. The molecule has 0 aromatic carbocycles.